The van der Waals surface area contributed by atoms with Gasteiger partial charge >= 0.3 is 0 Å². The van der Waals surface area contributed by atoms with Crippen LogP contribution < -0.4 is 5.32 Å². The Kier molecular flexibility index (Phi) is 7.85. The fourth-order valence-electron chi connectivity index (χ4n) is 3.51. The molecule has 0 saturated heterocycles. The summed E-state index contributed by atoms with van der Waals surface area (Å²) in [5.74, 6) is -0.318. The van der Waals surface area contributed by atoms with Crippen molar-refractivity contribution in [2.24, 2.45) is 0 Å². The first-order valence-electron chi connectivity index (χ1n) is 10.3. The van der Waals surface area contributed by atoms with Gasteiger partial charge in [0.25, 0.3) is 0 Å². The smallest absolute Gasteiger partial charge is 0.242 e. The monoisotopic (exact) mass is 434 g/mol. The summed E-state index contributed by atoms with van der Waals surface area (Å²) in [7, 11) is 1.60. The molecule has 0 fully saturated rings. The topological polar surface area (TPSA) is 49.4 Å². The second-order valence-corrected chi connectivity index (χ2v) is 8.00. The molecule has 2 amide bonds. The zero-order valence-corrected chi connectivity index (χ0v) is 18.6. The van der Waals surface area contributed by atoms with Crippen molar-refractivity contribution in [3.05, 3.63) is 106 Å². The number of carbonyl (C=O) groups excluding carboxylic acids is 2. The predicted octanol–water partition coefficient (Wildman–Crippen LogP) is 4.58. The van der Waals surface area contributed by atoms with Crippen molar-refractivity contribution in [3.63, 3.8) is 0 Å². The van der Waals surface area contributed by atoms with Crippen LogP contribution in [0.3, 0.4) is 0 Å². The zero-order chi connectivity index (χ0) is 22.2. The number of halogens is 1. The lowest BCUT2D eigenvalue weighted by atomic mass is 10.0. The second-order valence-electron chi connectivity index (χ2n) is 7.60. The summed E-state index contributed by atoms with van der Waals surface area (Å²) in [4.78, 5) is 28.0. The van der Waals surface area contributed by atoms with Crippen LogP contribution in [-0.2, 0) is 29.0 Å². The van der Waals surface area contributed by atoms with Crippen molar-refractivity contribution < 1.29 is 9.59 Å². The van der Waals surface area contributed by atoms with E-state index in [1.165, 1.54) is 0 Å². The Bertz CT molecular complexity index is 1020. The van der Waals surface area contributed by atoms with Gasteiger partial charge in [-0.3, -0.25) is 9.59 Å². The van der Waals surface area contributed by atoms with Crippen LogP contribution in [-0.4, -0.2) is 29.8 Å². The highest BCUT2D eigenvalue weighted by Gasteiger charge is 2.30. The third-order valence-corrected chi connectivity index (χ3v) is 5.66. The second kappa shape index (κ2) is 10.8. The van der Waals surface area contributed by atoms with Gasteiger partial charge in [-0.15, -0.1) is 0 Å². The molecule has 0 aliphatic rings. The lowest BCUT2D eigenvalue weighted by Gasteiger charge is -2.31. The Balaban J connectivity index is 1.94. The number of amides is 2. The number of hydrogen-bond acceptors (Lipinski definition) is 2. The number of rotatable bonds is 8. The normalized spacial score (nSPS) is 11.6. The van der Waals surface area contributed by atoms with Crippen LogP contribution in [0.5, 0.6) is 0 Å². The number of carbonyl (C=O) groups is 2. The Labute approximate surface area is 188 Å². The minimum atomic E-state index is -0.651. The van der Waals surface area contributed by atoms with Crippen molar-refractivity contribution in [2.45, 2.75) is 32.4 Å². The molecule has 5 heteroatoms. The average molecular weight is 435 g/mol. The van der Waals surface area contributed by atoms with Crippen LogP contribution in [0.25, 0.3) is 0 Å². The molecule has 160 valence electrons. The van der Waals surface area contributed by atoms with Crippen molar-refractivity contribution in [1.82, 2.24) is 10.2 Å². The number of nitrogens with zero attached hydrogens (tertiary/aromatic N) is 1. The summed E-state index contributed by atoms with van der Waals surface area (Å²) in [5.41, 5.74) is 3.85. The highest BCUT2D eigenvalue weighted by molar-refractivity contribution is 6.31. The van der Waals surface area contributed by atoms with Gasteiger partial charge in [0.05, 0.1) is 6.42 Å². The molecule has 0 heterocycles. The molecule has 0 saturated carbocycles. The summed E-state index contributed by atoms with van der Waals surface area (Å²) in [6.45, 7) is 2.27. The Hall–Kier alpha value is -3.11. The van der Waals surface area contributed by atoms with Gasteiger partial charge in [-0.1, -0.05) is 90.0 Å². The van der Waals surface area contributed by atoms with E-state index in [0.29, 0.717) is 11.4 Å². The largest absolute Gasteiger partial charge is 0.357 e. The van der Waals surface area contributed by atoms with Gasteiger partial charge in [0.15, 0.2) is 0 Å². The van der Waals surface area contributed by atoms with E-state index in [0.717, 1.165) is 22.3 Å². The summed E-state index contributed by atoms with van der Waals surface area (Å²) in [5, 5.41) is 3.30. The highest BCUT2D eigenvalue weighted by Crippen LogP contribution is 2.21. The molecular weight excluding hydrogens is 408 g/mol. The van der Waals surface area contributed by atoms with E-state index >= 15 is 0 Å². The predicted molar refractivity (Wildman–Crippen MR) is 125 cm³/mol. The lowest BCUT2D eigenvalue weighted by Crippen LogP contribution is -2.50. The van der Waals surface area contributed by atoms with Gasteiger partial charge in [-0.2, -0.15) is 0 Å². The molecule has 3 aromatic rings. The van der Waals surface area contributed by atoms with Gasteiger partial charge in [-0.05, 0) is 29.7 Å². The Morgan fingerprint density at radius 1 is 0.903 bits per heavy atom. The first-order valence-corrected chi connectivity index (χ1v) is 10.7. The summed E-state index contributed by atoms with van der Waals surface area (Å²) >= 11 is 6.39. The summed E-state index contributed by atoms with van der Waals surface area (Å²) < 4.78 is 0. The van der Waals surface area contributed by atoms with Crippen molar-refractivity contribution in [3.8, 4) is 0 Å². The van der Waals surface area contributed by atoms with E-state index in [2.05, 4.69) is 5.32 Å². The standard InChI is InChI=1S/C26H27ClN2O2/c1-19-12-14-21(15-13-19)17-25(30)29(18-22-10-6-7-11-23(22)27)24(26(31)28-2)16-20-8-4-3-5-9-20/h3-15,24H,16-18H2,1-2H3,(H,28,31). The molecule has 3 rings (SSSR count). The van der Waals surface area contributed by atoms with Gasteiger partial charge in [0.1, 0.15) is 6.04 Å². The third kappa shape index (κ3) is 6.19. The lowest BCUT2D eigenvalue weighted by molar-refractivity contribution is -0.140. The molecule has 0 aliphatic carbocycles. The minimum absolute atomic E-state index is 0.117. The van der Waals surface area contributed by atoms with Crippen LogP contribution in [0.1, 0.15) is 22.3 Å². The molecule has 1 N–H and O–H groups in total. The maximum absolute atomic E-state index is 13.5. The SMILES string of the molecule is CNC(=O)C(Cc1ccccc1)N(Cc1ccccc1Cl)C(=O)Cc1ccc(C)cc1. The summed E-state index contributed by atoms with van der Waals surface area (Å²) in [6, 6.07) is 24.4. The highest BCUT2D eigenvalue weighted by atomic mass is 35.5. The number of nitrogens with one attached hydrogen (secondary N) is 1. The van der Waals surface area contributed by atoms with E-state index in [4.69, 9.17) is 11.6 Å². The fraction of sp³-hybridized carbons (Fsp3) is 0.231. The van der Waals surface area contributed by atoms with E-state index in [1.54, 1.807) is 18.0 Å². The molecule has 1 unspecified atom stereocenters. The van der Waals surface area contributed by atoms with Gasteiger partial charge < -0.3 is 10.2 Å². The molecule has 31 heavy (non-hydrogen) atoms. The Morgan fingerprint density at radius 2 is 1.55 bits per heavy atom. The van der Waals surface area contributed by atoms with Crippen LogP contribution in [0, 0.1) is 6.92 Å². The summed E-state index contributed by atoms with van der Waals surface area (Å²) in [6.07, 6.45) is 0.637. The number of aryl methyl sites for hydroxylation is 1. The van der Waals surface area contributed by atoms with E-state index in [1.807, 2.05) is 79.7 Å². The molecule has 0 aliphatic heterocycles. The van der Waals surface area contributed by atoms with E-state index in [-0.39, 0.29) is 24.8 Å². The van der Waals surface area contributed by atoms with Crippen LogP contribution in [0.15, 0.2) is 78.9 Å². The van der Waals surface area contributed by atoms with Gasteiger partial charge in [-0.25, -0.2) is 0 Å². The molecule has 0 radical (unpaired) electrons. The van der Waals surface area contributed by atoms with Crippen LogP contribution in [0.2, 0.25) is 5.02 Å². The van der Waals surface area contributed by atoms with E-state index < -0.39 is 6.04 Å². The maximum Gasteiger partial charge on any atom is 0.242 e. The molecule has 0 bridgehead atoms. The van der Waals surface area contributed by atoms with Crippen molar-refractivity contribution in [1.29, 1.82) is 0 Å². The molecule has 0 spiro atoms. The van der Waals surface area contributed by atoms with Crippen LogP contribution in [0.4, 0.5) is 0 Å². The number of benzene rings is 3. The molecule has 4 nitrogen and oxygen atoms in total. The third-order valence-electron chi connectivity index (χ3n) is 5.29. The molecular formula is C26H27ClN2O2. The minimum Gasteiger partial charge on any atom is -0.357 e. The fourth-order valence-corrected chi connectivity index (χ4v) is 3.71. The Morgan fingerprint density at radius 3 is 2.19 bits per heavy atom. The molecule has 1 atom stereocenters. The number of hydrogen-bond donors (Lipinski definition) is 1. The molecule has 3 aromatic carbocycles. The maximum atomic E-state index is 13.5. The van der Waals surface area contributed by atoms with E-state index in [9.17, 15) is 9.59 Å². The van der Waals surface area contributed by atoms with Crippen molar-refractivity contribution >= 4 is 23.4 Å². The first kappa shape index (κ1) is 22.6. The van der Waals surface area contributed by atoms with Crippen LogP contribution >= 0.6 is 11.6 Å². The molecule has 0 aromatic heterocycles. The first-order chi connectivity index (χ1) is 15.0. The van der Waals surface area contributed by atoms with Gasteiger partial charge in [0.2, 0.25) is 11.8 Å². The van der Waals surface area contributed by atoms with Crippen molar-refractivity contribution in [2.75, 3.05) is 7.05 Å². The number of likely N-dealkylation sites (N-methyl/N-ethyl adjacent to an activating group) is 1. The quantitative estimate of drug-likeness (QED) is 0.564. The average Bonchev–Trinajstić information content (AvgIpc) is 2.79. The zero-order valence-electron chi connectivity index (χ0n) is 17.8. The van der Waals surface area contributed by atoms with Gasteiger partial charge in [0, 0.05) is 25.0 Å².